The Hall–Kier alpha value is -3.05. The number of thioether (sulfide) groups is 1. The fraction of sp³-hybridized carbons (Fsp3) is 0.200. The summed E-state index contributed by atoms with van der Waals surface area (Å²) in [6, 6.07) is 22.9. The Morgan fingerprint density at radius 3 is 2.23 bits per heavy atom. The monoisotopic (exact) mass is 418 g/mol. The van der Waals surface area contributed by atoms with Crippen molar-refractivity contribution in [2.75, 3.05) is 16.4 Å². The van der Waals surface area contributed by atoms with E-state index >= 15 is 0 Å². The van der Waals surface area contributed by atoms with Gasteiger partial charge in [-0.1, -0.05) is 49.7 Å². The van der Waals surface area contributed by atoms with Crippen molar-refractivity contribution in [2.45, 2.75) is 31.6 Å². The van der Waals surface area contributed by atoms with Crippen molar-refractivity contribution in [3.05, 3.63) is 89.5 Å². The van der Waals surface area contributed by atoms with Crippen molar-refractivity contribution in [1.29, 1.82) is 0 Å². The molecule has 0 fully saturated rings. The van der Waals surface area contributed by atoms with Crippen molar-refractivity contribution in [2.24, 2.45) is 0 Å². The molecule has 0 heterocycles. The van der Waals surface area contributed by atoms with Gasteiger partial charge in [-0.05, 0) is 60.9 Å². The predicted octanol–water partition coefficient (Wildman–Crippen LogP) is 6.10. The molecule has 3 aromatic rings. The summed E-state index contributed by atoms with van der Waals surface area (Å²) in [4.78, 5) is 25.6. The van der Waals surface area contributed by atoms with E-state index in [1.54, 1.807) is 12.1 Å². The summed E-state index contributed by atoms with van der Waals surface area (Å²) in [5.74, 6) is 0.539. The summed E-state index contributed by atoms with van der Waals surface area (Å²) >= 11 is 1.43. The summed E-state index contributed by atoms with van der Waals surface area (Å²) in [5.41, 5.74) is 4.46. The number of rotatable bonds is 7. The van der Waals surface area contributed by atoms with E-state index in [0.717, 1.165) is 16.1 Å². The van der Waals surface area contributed by atoms with E-state index in [1.807, 2.05) is 67.6 Å². The number of hydrogen-bond donors (Lipinski definition) is 2. The molecule has 2 N–H and O–H groups in total. The summed E-state index contributed by atoms with van der Waals surface area (Å²) < 4.78 is 0. The minimum atomic E-state index is -0.153. The van der Waals surface area contributed by atoms with Gasteiger partial charge in [0.1, 0.15) is 0 Å². The lowest BCUT2D eigenvalue weighted by atomic mass is 10.0. The van der Waals surface area contributed by atoms with Crippen LogP contribution in [0.3, 0.4) is 0 Å². The molecule has 0 unspecified atom stereocenters. The molecule has 0 saturated heterocycles. The highest BCUT2D eigenvalue weighted by atomic mass is 32.2. The number of benzene rings is 3. The number of carbonyl (C=O) groups excluding carboxylic acids is 2. The number of anilines is 2. The van der Waals surface area contributed by atoms with Gasteiger partial charge >= 0.3 is 0 Å². The molecule has 0 spiro atoms. The van der Waals surface area contributed by atoms with E-state index in [4.69, 9.17) is 0 Å². The van der Waals surface area contributed by atoms with E-state index in [-0.39, 0.29) is 11.8 Å². The van der Waals surface area contributed by atoms with Crippen LogP contribution in [0.25, 0.3) is 0 Å². The maximum absolute atomic E-state index is 12.4. The molecule has 0 bridgehead atoms. The molecule has 0 radical (unpaired) electrons. The molecule has 0 aliphatic heterocycles. The molecule has 5 heteroatoms. The summed E-state index contributed by atoms with van der Waals surface area (Å²) in [7, 11) is 0. The largest absolute Gasteiger partial charge is 0.325 e. The van der Waals surface area contributed by atoms with Crippen LogP contribution in [0.1, 0.15) is 41.3 Å². The topological polar surface area (TPSA) is 58.2 Å². The number of nitrogens with one attached hydrogen (secondary N) is 2. The summed E-state index contributed by atoms with van der Waals surface area (Å²) in [6.45, 7) is 6.27. The molecular weight excluding hydrogens is 392 g/mol. The second kappa shape index (κ2) is 10.1. The zero-order valence-electron chi connectivity index (χ0n) is 17.4. The third-order valence-corrected chi connectivity index (χ3v) is 5.63. The highest BCUT2D eigenvalue weighted by Crippen LogP contribution is 2.23. The van der Waals surface area contributed by atoms with Crippen LogP contribution in [-0.2, 0) is 4.79 Å². The Labute approximate surface area is 182 Å². The maximum Gasteiger partial charge on any atom is 0.255 e. The van der Waals surface area contributed by atoms with Gasteiger partial charge in [0.15, 0.2) is 0 Å². The molecule has 0 aromatic heterocycles. The minimum Gasteiger partial charge on any atom is -0.325 e. The Morgan fingerprint density at radius 1 is 0.867 bits per heavy atom. The third-order valence-electron chi connectivity index (χ3n) is 4.64. The second-order valence-electron chi connectivity index (χ2n) is 7.46. The normalized spacial score (nSPS) is 10.7. The molecule has 3 aromatic carbocycles. The van der Waals surface area contributed by atoms with Gasteiger partial charge < -0.3 is 10.6 Å². The van der Waals surface area contributed by atoms with Gasteiger partial charge in [0.25, 0.3) is 5.91 Å². The van der Waals surface area contributed by atoms with Crippen LogP contribution in [0.15, 0.2) is 77.7 Å². The van der Waals surface area contributed by atoms with Crippen LogP contribution in [0.4, 0.5) is 11.4 Å². The standard InChI is InChI=1S/C25H26N2O2S/c1-17(2)19-11-13-21(14-12-19)26-24(28)16-30-23-6-4-5-22(15-23)27-25(29)20-9-7-18(3)8-10-20/h4-15,17H,16H2,1-3H3,(H,26,28)(H,27,29). The van der Waals surface area contributed by atoms with Crippen molar-refractivity contribution >= 4 is 35.0 Å². The van der Waals surface area contributed by atoms with E-state index in [2.05, 4.69) is 24.5 Å². The maximum atomic E-state index is 12.4. The lowest BCUT2D eigenvalue weighted by molar-refractivity contribution is -0.113. The van der Waals surface area contributed by atoms with Gasteiger partial charge in [0.05, 0.1) is 5.75 Å². The Kier molecular flexibility index (Phi) is 7.31. The molecule has 0 atom stereocenters. The van der Waals surface area contributed by atoms with Gasteiger partial charge in [0.2, 0.25) is 5.91 Å². The number of hydrogen-bond acceptors (Lipinski definition) is 3. The quantitative estimate of drug-likeness (QED) is 0.456. The van der Waals surface area contributed by atoms with Gasteiger partial charge in [-0.25, -0.2) is 0 Å². The fourth-order valence-electron chi connectivity index (χ4n) is 2.87. The van der Waals surface area contributed by atoms with Crippen molar-refractivity contribution in [3.8, 4) is 0 Å². The van der Waals surface area contributed by atoms with Gasteiger partial charge in [-0.2, -0.15) is 0 Å². The van der Waals surface area contributed by atoms with Crippen LogP contribution >= 0.6 is 11.8 Å². The first-order valence-electron chi connectivity index (χ1n) is 9.91. The molecule has 0 aliphatic rings. The Morgan fingerprint density at radius 2 is 1.57 bits per heavy atom. The Bertz CT molecular complexity index is 1010. The van der Waals surface area contributed by atoms with E-state index in [1.165, 1.54) is 17.3 Å². The van der Waals surface area contributed by atoms with Crippen molar-refractivity contribution in [3.63, 3.8) is 0 Å². The first-order chi connectivity index (χ1) is 14.4. The number of amides is 2. The number of carbonyl (C=O) groups is 2. The smallest absolute Gasteiger partial charge is 0.255 e. The van der Waals surface area contributed by atoms with Crippen molar-refractivity contribution in [1.82, 2.24) is 0 Å². The SMILES string of the molecule is Cc1ccc(C(=O)Nc2cccc(SCC(=O)Nc3ccc(C(C)C)cc3)c2)cc1. The molecule has 154 valence electrons. The summed E-state index contributed by atoms with van der Waals surface area (Å²) in [6.07, 6.45) is 0. The number of aryl methyl sites for hydroxylation is 1. The van der Waals surface area contributed by atoms with E-state index < -0.39 is 0 Å². The molecule has 30 heavy (non-hydrogen) atoms. The molecule has 0 aliphatic carbocycles. The highest BCUT2D eigenvalue weighted by Gasteiger charge is 2.08. The molecule has 4 nitrogen and oxygen atoms in total. The van der Waals surface area contributed by atoms with Crippen LogP contribution in [0.2, 0.25) is 0 Å². The average molecular weight is 419 g/mol. The van der Waals surface area contributed by atoms with Crippen LogP contribution in [-0.4, -0.2) is 17.6 Å². The lowest BCUT2D eigenvalue weighted by Gasteiger charge is -2.09. The van der Waals surface area contributed by atoms with E-state index in [0.29, 0.717) is 22.9 Å². The Balaban J connectivity index is 1.53. The van der Waals surface area contributed by atoms with Gasteiger partial charge in [0, 0.05) is 21.8 Å². The molecule has 0 saturated carbocycles. The summed E-state index contributed by atoms with van der Waals surface area (Å²) in [5, 5.41) is 5.83. The first kappa shape index (κ1) is 21.7. The van der Waals surface area contributed by atoms with Gasteiger partial charge in [-0.3, -0.25) is 9.59 Å². The van der Waals surface area contributed by atoms with Crippen molar-refractivity contribution < 1.29 is 9.59 Å². The van der Waals surface area contributed by atoms with Crippen LogP contribution < -0.4 is 10.6 Å². The minimum absolute atomic E-state index is 0.0635. The van der Waals surface area contributed by atoms with Gasteiger partial charge in [-0.15, -0.1) is 11.8 Å². The highest BCUT2D eigenvalue weighted by molar-refractivity contribution is 8.00. The average Bonchev–Trinajstić information content (AvgIpc) is 2.73. The molecular formula is C25H26N2O2S. The first-order valence-corrected chi connectivity index (χ1v) is 10.9. The fourth-order valence-corrected chi connectivity index (χ4v) is 3.62. The lowest BCUT2D eigenvalue weighted by Crippen LogP contribution is -2.14. The molecule has 2 amide bonds. The second-order valence-corrected chi connectivity index (χ2v) is 8.51. The van der Waals surface area contributed by atoms with Crippen LogP contribution in [0, 0.1) is 6.92 Å². The predicted molar refractivity (Wildman–Crippen MR) is 125 cm³/mol. The molecule has 3 rings (SSSR count). The van der Waals surface area contributed by atoms with E-state index in [9.17, 15) is 9.59 Å². The zero-order valence-corrected chi connectivity index (χ0v) is 18.3. The van der Waals surface area contributed by atoms with Crippen LogP contribution in [0.5, 0.6) is 0 Å². The zero-order chi connectivity index (χ0) is 21.5. The third kappa shape index (κ3) is 6.22.